The number of nitrogens with zero attached hydrogens (tertiary/aromatic N) is 1. The van der Waals surface area contributed by atoms with Gasteiger partial charge in [0.2, 0.25) is 0 Å². The third-order valence-electron chi connectivity index (χ3n) is 3.70. The number of benzene rings is 1. The first-order chi connectivity index (χ1) is 10.1. The van der Waals surface area contributed by atoms with Gasteiger partial charge >= 0.3 is 0 Å². The summed E-state index contributed by atoms with van der Waals surface area (Å²) >= 11 is 0. The fraction of sp³-hybridized carbons (Fsp3) is 0.333. The van der Waals surface area contributed by atoms with Gasteiger partial charge in [-0.2, -0.15) is 0 Å². The lowest BCUT2D eigenvalue weighted by molar-refractivity contribution is 0.447. The van der Waals surface area contributed by atoms with Crippen LogP contribution in [0.3, 0.4) is 0 Å². The Bertz CT molecular complexity index is 732. The molecule has 1 aromatic heterocycles. The summed E-state index contributed by atoms with van der Waals surface area (Å²) in [5.41, 5.74) is 1.04. The first kappa shape index (κ1) is 13.9. The van der Waals surface area contributed by atoms with Crippen molar-refractivity contribution in [3.05, 3.63) is 51.2 Å². The van der Waals surface area contributed by atoms with Crippen molar-refractivity contribution in [2.75, 3.05) is 0 Å². The minimum Gasteiger partial charge on any atom is -0.306 e. The fourth-order valence-corrected chi connectivity index (χ4v) is 2.61. The number of aromatic nitrogens is 2. The lowest BCUT2D eigenvalue weighted by Gasteiger charge is -2.08. The molecule has 0 atom stereocenters. The Morgan fingerprint density at radius 2 is 1.67 bits per heavy atom. The van der Waals surface area contributed by atoms with E-state index in [-0.39, 0.29) is 16.9 Å². The number of rotatable bonds is 1. The highest BCUT2D eigenvalue weighted by molar-refractivity contribution is 5.55. The van der Waals surface area contributed by atoms with Crippen LogP contribution in [-0.4, -0.2) is 9.97 Å². The molecule has 1 heterocycles. The number of halogens is 3. The highest BCUT2D eigenvalue weighted by Crippen LogP contribution is 2.22. The van der Waals surface area contributed by atoms with Gasteiger partial charge in [-0.05, 0) is 37.8 Å². The monoisotopic (exact) mass is 294 g/mol. The smallest absolute Gasteiger partial charge is 0.254 e. The van der Waals surface area contributed by atoms with E-state index in [1.807, 2.05) is 0 Å². The maximum Gasteiger partial charge on any atom is 0.254 e. The van der Waals surface area contributed by atoms with E-state index in [0.717, 1.165) is 31.4 Å². The van der Waals surface area contributed by atoms with Crippen LogP contribution in [0, 0.1) is 17.5 Å². The quantitative estimate of drug-likeness (QED) is 0.649. The zero-order chi connectivity index (χ0) is 15.0. The van der Waals surface area contributed by atoms with Gasteiger partial charge in [0, 0.05) is 11.1 Å². The van der Waals surface area contributed by atoms with Crippen LogP contribution in [0.2, 0.25) is 0 Å². The average molecular weight is 294 g/mol. The second kappa shape index (κ2) is 5.35. The van der Waals surface area contributed by atoms with Crippen LogP contribution in [0.5, 0.6) is 0 Å². The number of hydrogen-bond donors (Lipinski definition) is 1. The van der Waals surface area contributed by atoms with Gasteiger partial charge in [0.05, 0.1) is 5.69 Å². The van der Waals surface area contributed by atoms with E-state index in [4.69, 9.17) is 0 Å². The van der Waals surface area contributed by atoms with Crippen LogP contribution >= 0.6 is 0 Å². The first-order valence-electron chi connectivity index (χ1n) is 6.83. The molecule has 1 aliphatic carbocycles. The van der Waals surface area contributed by atoms with E-state index in [1.165, 1.54) is 0 Å². The molecule has 0 saturated carbocycles. The lowest BCUT2D eigenvalue weighted by atomic mass is 10.1. The molecule has 1 aliphatic rings. The summed E-state index contributed by atoms with van der Waals surface area (Å²) in [6.45, 7) is 0. The normalized spacial score (nSPS) is 14.6. The molecule has 0 aliphatic heterocycles. The predicted molar refractivity (Wildman–Crippen MR) is 71.4 cm³/mol. The highest BCUT2D eigenvalue weighted by atomic mass is 19.2. The summed E-state index contributed by atoms with van der Waals surface area (Å²) in [5.74, 6) is -4.07. The van der Waals surface area contributed by atoms with Gasteiger partial charge in [-0.1, -0.05) is 6.42 Å². The molecule has 6 heteroatoms. The van der Waals surface area contributed by atoms with Crippen LogP contribution < -0.4 is 5.56 Å². The standard InChI is InChI=1S/C15H13F3N2O/c16-10-6-8(7-11(17)13(10)18)14-19-12-5-3-1-2-4-9(12)15(21)20-14/h6-7H,1-5H2,(H,19,20,21). The van der Waals surface area contributed by atoms with Crippen molar-refractivity contribution in [3.8, 4) is 11.4 Å². The molecule has 0 unspecified atom stereocenters. The van der Waals surface area contributed by atoms with E-state index in [9.17, 15) is 18.0 Å². The third-order valence-corrected chi connectivity index (χ3v) is 3.70. The maximum atomic E-state index is 13.3. The number of hydrogen-bond acceptors (Lipinski definition) is 2. The molecule has 3 rings (SSSR count). The molecule has 1 aromatic carbocycles. The van der Waals surface area contributed by atoms with Gasteiger partial charge in [0.15, 0.2) is 17.5 Å². The fourth-order valence-electron chi connectivity index (χ4n) is 2.61. The van der Waals surface area contributed by atoms with Gasteiger partial charge in [0.25, 0.3) is 5.56 Å². The Hall–Kier alpha value is -2.11. The van der Waals surface area contributed by atoms with Gasteiger partial charge in [-0.15, -0.1) is 0 Å². The van der Waals surface area contributed by atoms with Crippen molar-refractivity contribution in [2.24, 2.45) is 0 Å². The number of nitrogens with one attached hydrogen (secondary N) is 1. The Kier molecular flexibility index (Phi) is 3.53. The third kappa shape index (κ3) is 2.57. The average Bonchev–Trinajstić information content (AvgIpc) is 2.69. The number of H-pyrrole nitrogens is 1. The summed E-state index contributed by atoms with van der Waals surface area (Å²) in [4.78, 5) is 18.9. The molecular weight excluding hydrogens is 281 g/mol. The molecule has 0 bridgehead atoms. The van der Waals surface area contributed by atoms with Crippen molar-refractivity contribution in [1.82, 2.24) is 9.97 Å². The van der Waals surface area contributed by atoms with E-state index >= 15 is 0 Å². The SMILES string of the molecule is O=c1[nH]c(-c2cc(F)c(F)c(F)c2)nc2c1CCCCC2. The van der Waals surface area contributed by atoms with Gasteiger partial charge in [-0.3, -0.25) is 4.79 Å². The van der Waals surface area contributed by atoms with Crippen LogP contribution in [0.1, 0.15) is 30.5 Å². The summed E-state index contributed by atoms with van der Waals surface area (Å²) in [6, 6.07) is 1.67. The Morgan fingerprint density at radius 3 is 2.38 bits per heavy atom. The zero-order valence-corrected chi connectivity index (χ0v) is 11.2. The number of aromatic amines is 1. The van der Waals surface area contributed by atoms with Crippen LogP contribution in [-0.2, 0) is 12.8 Å². The first-order valence-corrected chi connectivity index (χ1v) is 6.83. The minimum absolute atomic E-state index is 0.0237. The Labute approximate surface area is 118 Å². The highest BCUT2D eigenvalue weighted by Gasteiger charge is 2.17. The number of fused-ring (bicyclic) bond motifs is 1. The molecule has 1 N–H and O–H groups in total. The summed E-state index contributed by atoms with van der Waals surface area (Å²) in [7, 11) is 0. The number of aryl methyl sites for hydroxylation is 1. The van der Waals surface area contributed by atoms with Gasteiger partial charge < -0.3 is 4.98 Å². The molecule has 0 radical (unpaired) electrons. The van der Waals surface area contributed by atoms with Crippen molar-refractivity contribution < 1.29 is 13.2 Å². The van der Waals surface area contributed by atoms with Crippen LogP contribution in [0.15, 0.2) is 16.9 Å². The second-order valence-corrected chi connectivity index (χ2v) is 5.15. The van der Waals surface area contributed by atoms with E-state index < -0.39 is 17.5 Å². The van der Waals surface area contributed by atoms with Gasteiger partial charge in [0.1, 0.15) is 5.82 Å². The van der Waals surface area contributed by atoms with Crippen molar-refractivity contribution in [2.45, 2.75) is 32.1 Å². The molecule has 0 amide bonds. The van der Waals surface area contributed by atoms with Crippen LogP contribution in [0.25, 0.3) is 11.4 Å². The molecule has 0 spiro atoms. The molecule has 21 heavy (non-hydrogen) atoms. The predicted octanol–water partition coefficient (Wildman–Crippen LogP) is 3.12. The summed E-state index contributed by atoms with van der Waals surface area (Å²) in [6.07, 6.45) is 4.19. The second-order valence-electron chi connectivity index (χ2n) is 5.15. The van der Waals surface area contributed by atoms with Crippen molar-refractivity contribution in [3.63, 3.8) is 0 Å². The van der Waals surface area contributed by atoms with E-state index in [0.29, 0.717) is 24.1 Å². The molecular formula is C15H13F3N2O. The molecule has 2 aromatic rings. The molecule has 0 fully saturated rings. The van der Waals surface area contributed by atoms with E-state index in [1.54, 1.807) is 0 Å². The van der Waals surface area contributed by atoms with Gasteiger partial charge in [-0.25, -0.2) is 18.2 Å². The molecule has 0 saturated heterocycles. The Balaban J connectivity index is 2.14. The lowest BCUT2D eigenvalue weighted by Crippen LogP contribution is -2.18. The van der Waals surface area contributed by atoms with E-state index in [2.05, 4.69) is 9.97 Å². The summed E-state index contributed by atoms with van der Waals surface area (Å²) < 4.78 is 39.6. The zero-order valence-electron chi connectivity index (χ0n) is 11.2. The van der Waals surface area contributed by atoms with Crippen molar-refractivity contribution >= 4 is 0 Å². The minimum atomic E-state index is -1.53. The molecule has 3 nitrogen and oxygen atoms in total. The molecule has 110 valence electrons. The topological polar surface area (TPSA) is 45.8 Å². The van der Waals surface area contributed by atoms with Crippen molar-refractivity contribution in [1.29, 1.82) is 0 Å². The Morgan fingerprint density at radius 1 is 1.00 bits per heavy atom. The summed E-state index contributed by atoms with van der Waals surface area (Å²) in [5, 5.41) is 0. The largest absolute Gasteiger partial charge is 0.306 e. The maximum absolute atomic E-state index is 13.3. The van der Waals surface area contributed by atoms with Crippen LogP contribution in [0.4, 0.5) is 13.2 Å².